The van der Waals surface area contributed by atoms with Gasteiger partial charge in [0.05, 0.1) is 0 Å². The van der Waals surface area contributed by atoms with Gasteiger partial charge in [-0.2, -0.15) is 0 Å². The fourth-order valence-electron chi connectivity index (χ4n) is 2.51. The monoisotopic (exact) mass is 382 g/mol. The molecule has 2 aromatic carbocycles. The van der Waals surface area contributed by atoms with Crippen LogP contribution in [-0.4, -0.2) is 11.7 Å². The van der Waals surface area contributed by atoms with Gasteiger partial charge in [-0.25, -0.2) is 0 Å². The van der Waals surface area contributed by atoms with E-state index >= 15 is 0 Å². The van der Waals surface area contributed by atoms with Gasteiger partial charge in [0.1, 0.15) is 11.5 Å². The van der Waals surface area contributed by atoms with Crippen LogP contribution in [-0.2, 0) is 12.8 Å². The van der Waals surface area contributed by atoms with Crippen LogP contribution < -0.4 is 4.74 Å². The minimum Gasteiger partial charge on any atom is -0.458 e. The lowest BCUT2D eigenvalue weighted by molar-refractivity contribution is 0.288. The predicted octanol–water partition coefficient (Wildman–Crippen LogP) is 6.29. The van der Waals surface area contributed by atoms with Gasteiger partial charge in [-0.3, -0.25) is 0 Å². The molecule has 0 heterocycles. The third-order valence-corrected chi connectivity index (χ3v) is 4.29. The van der Waals surface area contributed by atoms with Crippen molar-refractivity contribution < 1.29 is 9.84 Å². The molecule has 0 aliphatic carbocycles. The molecule has 142 valence electrons. The molecule has 0 fully saturated rings. The molecule has 0 aromatic heterocycles. The maximum Gasteiger partial charge on any atom is 0.128 e. The first-order valence-corrected chi connectivity index (χ1v) is 9.59. The van der Waals surface area contributed by atoms with Crippen LogP contribution in [0, 0.1) is 0 Å². The number of hydrogen-bond acceptors (Lipinski definition) is 2. The van der Waals surface area contributed by atoms with E-state index < -0.39 is 0 Å². The molecular weight excluding hydrogens is 356 g/mol. The van der Waals surface area contributed by atoms with Crippen molar-refractivity contribution in [2.75, 3.05) is 6.61 Å². The Bertz CT molecular complexity index is 800. The lowest BCUT2D eigenvalue weighted by atomic mass is 10.1. The highest BCUT2D eigenvalue weighted by Crippen LogP contribution is 2.25. The van der Waals surface area contributed by atoms with Gasteiger partial charge in [-0.1, -0.05) is 65.7 Å². The average molecular weight is 383 g/mol. The van der Waals surface area contributed by atoms with E-state index in [1.807, 2.05) is 54.6 Å². The van der Waals surface area contributed by atoms with Gasteiger partial charge in [0.25, 0.3) is 0 Å². The number of hydrogen-bond donors (Lipinski definition) is 1. The number of benzene rings is 2. The van der Waals surface area contributed by atoms with Crippen LogP contribution in [0.1, 0.15) is 31.4 Å². The Morgan fingerprint density at radius 2 is 1.89 bits per heavy atom. The minimum absolute atomic E-state index is 0.163. The molecule has 0 aliphatic heterocycles. The van der Waals surface area contributed by atoms with Gasteiger partial charge < -0.3 is 9.84 Å². The van der Waals surface area contributed by atoms with Crippen molar-refractivity contribution in [1.29, 1.82) is 0 Å². The van der Waals surface area contributed by atoms with Crippen LogP contribution in [0.4, 0.5) is 0 Å². The third kappa shape index (κ3) is 7.86. The van der Waals surface area contributed by atoms with E-state index in [1.54, 1.807) is 0 Å². The van der Waals surface area contributed by atoms with Gasteiger partial charge in [0.15, 0.2) is 0 Å². The van der Waals surface area contributed by atoms with E-state index in [9.17, 15) is 0 Å². The number of aliphatic hydroxyl groups excluding tert-OH is 1. The topological polar surface area (TPSA) is 29.5 Å². The fraction of sp³-hybridized carbons (Fsp3) is 0.250. The summed E-state index contributed by atoms with van der Waals surface area (Å²) in [6.45, 7) is 4.28. The van der Waals surface area contributed by atoms with Crippen molar-refractivity contribution in [3.63, 3.8) is 0 Å². The molecule has 0 aliphatic rings. The number of halogens is 1. The van der Waals surface area contributed by atoms with E-state index in [4.69, 9.17) is 21.4 Å². The summed E-state index contributed by atoms with van der Waals surface area (Å²) in [5.41, 5.74) is 3.48. The molecule has 0 radical (unpaired) electrons. The molecule has 0 bridgehead atoms. The highest BCUT2D eigenvalue weighted by molar-refractivity contribution is 6.31. The second-order valence-electron chi connectivity index (χ2n) is 6.58. The molecule has 2 rings (SSSR count). The lowest BCUT2D eigenvalue weighted by Crippen LogP contribution is -1.96. The zero-order chi connectivity index (χ0) is 19.5. The Hall–Kier alpha value is -2.29. The van der Waals surface area contributed by atoms with Crippen LogP contribution in [0.5, 0.6) is 5.75 Å². The van der Waals surface area contributed by atoms with E-state index in [-0.39, 0.29) is 6.61 Å². The molecule has 0 saturated heterocycles. The van der Waals surface area contributed by atoms with Crippen molar-refractivity contribution in [1.82, 2.24) is 0 Å². The van der Waals surface area contributed by atoms with Crippen molar-refractivity contribution in [2.24, 2.45) is 0 Å². The maximum absolute atomic E-state index is 8.98. The quantitative estimate of drug-likeness (QED) is 0.407. The maximum atomic E-state index is 8.98. The molecule has 3 heteroatoms. The summed E-state index contributed by atoms with van der Waals surface area (Å²) in [5.74, 6) is 1.48. The van der Waals surface area contributed by atoms with E-state index in [2.05, 4.69) is 32.1 Å². The zero-order valence-electron chi connectivity index (χ0n) is 16.0. The normalized spacial score (nSPS) is 11.6. The SMILES string of the molecule is CC(C)=C/C=C\C(=C/Cc1ccccc1)Oc1ccc(CCCO)c(Cl)c1. The number of aryl methyl sites for hydroxylation is 1. The molecule has 2 nitrogen and oxygen atoms in total. The molecule has 2 aromatic rings. The lowest BCUT2D eigenvalue weighted by Gasteiger charge is -2.10. The predicted molar refractivity (Wildman–Crippen MR) is 114 cm³/mol. The first kappa shape index (κ1) is 21.0. The first-order chi connectivity index (χ1) is 13.1. The van der Waals surface area contributed by atoms with Crippen LogP contribution in [0.2, 0.25) is 5.02 Å². The summed E-state index contributed by atoms with van der Waals surface area (Å²) in [7, 11) is 0. The van der Waals surface area contributed by atoms with Crippen molar-refractivity contribution >= 4 is 11.6 Å². The summed E-state index contributed by atoms with van der Waals surface area (Å²) in [6.07, 6.45) is 10.3. The number of rotatable bonds is 9. The molecule has 0 spiro atoms. The minimum atomic E-state index is 0.163. The van der Waals surface area contributed by atoms with Crippen LogP contribution in [0.15, 0.2) is 84.2 Å². The second kappa shape index (κ2) is 11.4. The van der Waals surface area contributed by atoms with Gasteiger partial charge in [-0.15, -0.1) is 0 Å². The summed E-state index contributed by atoms with van der Waals surface area (Å²) in [4.78, 5) is 0. The van der Waals surface area contributed by atoms with Gasteiger partial charge in [0, 0.05) is 11.6 Å². The summed E-state index contributed by atoms with van der Waals surface area (Å²) in [6, 6.07) is 16.0. The van der Waals surface area contributed by atoms with E-state index in [0.717, 1.165) is 24.2 Å². The van der Waals surface area contributed by atoms with Crippen LogP contribution in [0.25, 0.3) is 0 Å². The Balaban J connectivity index is 2.16. The fourth-order valence-corrected chi connectivity index (χ4v) is 2.78. The Kier molecular flexibility index (Phi) is 8.90. The Morgan fingerprint density at radius 3 is 2.56 bits per heavy atom. The van der Waals surface area contributed by atoms with Crippen molar-refractivity contribution in [2.45, 2.75) is 33.1 Å². The number of ether oxygens (including phenoxy) is 1. The number of allylic oxidation sites excluding steroid dienone is 5. The molecule has 1 N–H and O–H groups in total. The molecule has 0 amide bonds. The smallest absolute Gasteiger partial charge is 0.128 e. The van der Waals surface area contributed by atoms with Gasteiger partial charge >= 0.3 is 0 Å². The van der Waals surface area contributed by atoms with Crippen molar-refractivity contribution in [3.05, 3.63) is 100 Å². The molecule has 27 heavy (non-hydrogen) atoms. The largest absolute Gasteiger partial charge is 0.458 e. The van der Waals surface area contributed by atoms with E-state index in [0.29, 0.717) is 17.2 Å². The van der Waals surface area contributed by atoms with Crippen LogP contribution in [0.3, 0.4) is 0 Å². The molecule has 0 saturated carbocycles. The zero-order valence-corrected chi connectivity index (χ0v) is 16.7. The Labute approximate surface area is 167 Å². The second-order valence-corrected chi connectivity index (χ2v) is 6.99. The summed E-state index contributed by atoms with van der Waals surface area (Å²) in [5, 5.41) is 9.64. The van der Waals surface area contributed by atoms with Gasteiger partial charge in [0.2, 0.25) is 0 Å². The highest BCUT2D eigenvalue weighted by Gasteiger charge is 2.04. The van der Waals surface area contributed by atoms with E-state index in [1.165, 1.54) is 11.1 Å². The number of aliphatic hydroxyl groups is 1. The third-order valence-electron chi connectivity index (χ3n) is 3.94. The molecule has 0 unspecified atom stereocenters. The van der Waals surface area contributed by atoms with Crippen molar-refractivity contribution in [3.8, 4) is 5.75 Å². The summed E-state index contributed by atoms with van der Waals surface area (Å²) < 4.78 is 6.07. The average Bonchev–Trinajstić information content (AvgIpc) is 2.66. The molecule has 0 atom stereocenters. The standard InChI is InChI=1S/C24H27ClO2/c1-19(2)8-6-12-22(15-13-20-9-4-3-5-10-20)27-23-16-14-21(11-7-17-26)24(25)18-23/h3-6,8-10,12,14-16,18,26H,7,11,13,17H2,1-2H3/b12-6-,22-15+. The molecular formula is C24H27ClO2. The first-order valence-electron chi connectivity index (χ1n) is 9.21. The Morgan fingerprint density at radius 1 is 1.11 bits per heavy atom. The van der Waals surface area contributed by atoms with Crippen LogP contribution >= 0.6 is 11.6 Å². The summed E-state index contributed by atoms with van der Waals surface area (Å²) >= 11 is 6.36. The highest BCUT2D eigenvalue weighted by atomic mass is 35.5. The van der Waals surface area contributed by atoms with Gasteiger partial charge in [-0.05, 0) is 68.5 Å².